The average Bonchev–Trinajstić information content (AvgIpc) is 2.33. The minimum absolute atomic E-state index is 0.179. The number of carbonyl (C=O) groups excluding carboxylic acids is 1. The van der Waals surface area contributed by atoms with Crippen LogP contribution in [0.3, 0.4) is 0 Å². The van der Waals surface area contributed by atoms with Gasteiger partial charge in [-0.15, -0.1) is 0 Å². The van der Waals surface area contributed by atoms with Crippen LogP contribution >= 0.6 is 15.9 Å². The lowest BCUT2D eigenvalue weighted by atomic mass is 10.1. The van der Waals surface area contributed by atoms with Gasteiger partial charge in [0.15, 0.2) is 0 Å². The summed E-state index contributed by atoms with van der Waals surface area (Å²) in [5.41, 5.74) is 4.06. The predicted octanol–water partition coefficient (Wildman–Crippen LogP) is 3.73. The van der Waals surface area contributed by atoms with Gasteiger partial charge < -0.3 is 5.32 Å². The third kappa shape index (κ3) is 2.88. The highest BCUT2D eigenvalue weighted by molar-refractivity contribution is 9.10. The van der Waals surface area contributed by atoms with Gasteiger partial charge in [0.1, 0.15) is 5.82 Å². The second-order valence-corrected chi connectivity index (χ2v) is 5.62. The summed E-state index contributed by atoms with van der Waals surface area (Å²) in [6.07, 6.45) is 1.65. The Hall–Kier alpha value is -1.75. The number of aryl methyl sites for hydroxylation is 3. The summed E-state index contributed by atoms with van der Waals surface area (Å²) >= 11 is 3.43. The predicted molar refractivity (Wildman–Crippen MR) is 83.1 cm³/mol. The van der Waals surface area contributed by atoms with Crippen molar-refractivity contribution in [2.75, 3.05) is 5.32 Å². The van der Waals surface area contributed by atoms with E-state index < -0.39 is 0 Å². The van der Waals surface area contributed by atoms with Crippen LogP contribution in [0, 0.1) is 27.7 Å². The van der Waals surface area contributed by atoms with Crippen LogP contribution in [0.15, 0.2) is 22.8 Å². The van der Waals surface area contributed by atoms with Crippen molar-refractivity contribution in [2.45, 2.75) is 27.7 Å². The van der Waals surface area contributed by atoms with Crippen molar-refractivity contribution in [3.8, 4) is 0 Å². The van der Waals surface area contributed by atoms with E-state index in [1.807, 2.05) is 39.8 Å². The van der Waals surface area contributed by atoms with E-state index in [2.05, 4.69) is 31.2 Å². The van der Waals surface area contributed by atoms with Gasteiger partial charge in [-0.05, 0) is 45.4 Å². The summed E-state index contributed by atoms with van der Waals surface area (Å²) in [6.45, 7) is 7.58. The first-order valence-corrected chi connectivity index (χ1v) is 7.06. The van der Waals surface area contributed by atoms with Crippen molar-refractivity contribution in [3.63, 3.8) is 0 Å². The lowest BCUT2D eigenvalue weighted by Gasteiger charge is -2.12. The van der Waals surface area contributed by atoms with E-state index in [-0.39, 0.29) is 5.91 Å². The molecule has 2 rings (SSSR count). The molecule has 20 heavy (non-hydrogen) atoms. The second-order valence-electron chi connectivity index (χ2n) is 4.76. The number of anilines is 1. The van der Waals surface area contributed by atoms with E-state index in [1.54, 1.807) is 6.20 Å². The number of amides is 1. The van der Waals surface area contributed by atoms with Gasteiger partial charge in [0.25, 0.3) is 5.91 Å². The van der Waals surface area contributed by atoms with Crippen LogP contribution in [0.25, 0.3) is 0 Å². The maximum Gasteiger partial charge on any atom is 0.258 e. The number of halogens is 1. The molecule has 0 saturated heterocycles. The zero-order chi connectivity index (χ0) is 14.9. The highest BCUT2D eigenvalue weighted by Crippen LogP contribution is 2.22. The van der Waals surface area contributed by atoms with Gasteiger partial charge in [0.05, 0.1) is 11.3 Å². The Labute approximate surface area is 126 Å². The van der Waals surface area contributed by atoms with Gasteiger partial charge in [-0.3, -0.25) is 9.78 Å². The number of hydrogen-bond acceptors (Lipinski definition) is 3. The summed E-state index contributed by atoms with van der Waals surface area (Å²) in [7, 11) is 0. The molecule has 2 aromatic rings. The highest BCUT2D eigenvalue weighted by Gasteiger charge is 2.16. The van der Waals surface area contributed by atoms with Crippen LogP contribution in [-0.4, -0.2) is 15.9 Å². The van der Waals surface area contributed by atoms with Gasteiger partial charge in [-0.25, -0.2) is 4.98 Å². The topological polar surface area (TPSA) is 54.9 Å². The summed E-state index contributed by atoms with van der Waals surface area (Å²) < 4.78 is 0.915. The molecule has 0 radical (unpaired) electrons. The van der Waals surface area contributed by atoms with Gasteiger partial charge >= 0.3 is 0 Å². The first-order chi connectivity index (χ1) is 9.40. The maximum absolute atomic E-state index is 12.4. The molecule has 2 heterocycles. The van der Waals surface area contributed by atoms with E-state index in [0.29, 0.717) is 11.4 Å². The summed E-state index contributed by atoms with van der Waals surface area (Å²) in [6, 6.07) is 3.75. The summed E-state index contributed by atoms with van der Waals surface area (Å²) in [4.78, 5) is 21.0. The molecule has 0 atom stereocenters. The van der Waals surface area contributed by atoms with Crippen molar-refractivity contribution < 1.29 is 4.79 Å². The Morgan fingerprint density at radius 1 is 1.25 bits per heavy atom. The maximum atomic E-state index is 12.4. The molecule has 0 fully saturated rings. The monoisotopic (exact) mass is 333 g/mol. The van der Waals surface area contributed by atoms with E-state index in [0.717, 1.165) is 27.0 Å². The summed E-state index contributed by atoms with van der Waals surface area (Å²) in [5.74, 6) is 0.380. The minimum Gasteiger partial charge on any atom is -0.306 e. The molecule has 0 aromatic carbocycles. The van der Waals surface area contributed by atoms with Gasteiger partial charge in [-0.1, -0.05) is 15.9 Å². The molecule has 0 aliphatic heterocycles. The molecule has 4 nitrogen and oxygen atoms in total. The van der Waals surface area contributed by atoms with Crippen molar-refractivity contribution in [1.82, 2.24) is 9.97 Å². The first kappa shape index (κ1) is 14.7. The fraction of sp³-hybridized carbons (Fsp3) is 0.267. The molecule has 0 saturated carbocycles. The SMILES string of the molecule is Cc1cc(C)c(C(=O)Nc2nccc(Br)c2C)c(C)n1. The van der Waals surface area contributed by atoms with Crippen molar-refractivity contribution in [2.24, 2.45) is 0 Å². The largest absolute Gasteiger partial charge is 0.306 e. The highest BCUT2D eigenvalue weighted by atomic mass is 79.9. The van der Waals surface area contributed by atoms with Crippen molar-refractivity contribution in [3.05, 3.63) is 50.9 Å². The lowest BCUT2D eigenvalue weighted by Crippen LogP contribution is -2.17. The number of aromatic nitrogens is 2. The first-order valence-electron chi connectivity index (χ1n) is 6.27. The molecular formula is C15H16BrN3O. The van der Waals surface area contributed by atoms with Crippen LogP contribution in [0.4, 0.5) is 5.82 Å². The number of pyridine rings is 2. The number of carbonyl (C=O) groups is 1. The Kier molecular flexibility index (Phi) is 4.18. The molecule has 0 aliphatic rings. The molecule has 1 amide bonds. The lowest BCUT2D eigenvalue weighted by molar-refractivity contribution is 0.102. The molecular weight excluding hydrogens is 318 g/mol. The fourth-order valence-electron chi connectivity index (χ4n) is 2.18. The quantitative estimate of drug-likeness (QED) is 0.911. The number of nitrogens with zero attached hydrogens (tertiary/aromatic N) is 2. The number of nitrogens with one attached hydrogen (secondary N) is 1. The Morgan fingerprint density at radius 3 is 2.60 bits per heavy atom. The Morgan fingerprint density at radius 2 is 1.95 bits per heavy atom. The fourth-order valence-corrected chi connectivity index (χ4v) is 2.48. The molecule has 0 unspecified atom stereocenters. The molecule has 1 N–H and O–H groups in total. The molecule has 5 heteroatoms. The van der Waals surface area contributed by atoms with Crippen LogP contribution in [-0.2, 0) is 0 Å². The van der Waals surface area contributed by atoms with Crippen molar-refractivity contribution >= 4 is 27.7 Å². The smallest absolute Gasteiger partial charge is 0.258 e. The third-order valence-corrected chi connectivity index (χ3v) is 3.98. The van der Waals surface area contributed by atoms with Gasteiger partial charge in [0.2, 0.25) is 0 Å². The minimum atomic E-state index is -0.179. The van der Waals surface area contributed by atoms with Crippen molar-refractivity contribution in [1.29, 1.82) is 0 Å². The normalized spacial score (nSPS) is 10.4. The zero-order valence-electron chi connectivity index (χ0n) is 11.9. The third-order valence-electron chi connectivity index (χ3n) is 3.12. The van der Waals surface area contributed by atoms with Gasteiger partial charge in [0, 0.05) is 21.9 Å². The zero-order valence-corrected chi connectivity index (χ0v) is 13.5. The second kappa shape index (κ2) is 5.71. The summed E-state index contributed by atoms with van der Waals surface area (Å²) in [5, 5.41) is 2.85. The number of rotatable bonds is 2. The molecule has 0 spiro atoms. The Balaban J connectivity index is 2.36. The van der Waals surface area contributed by atoms with E-state index in [1.165, 1.54) is 0 Å². The van der Waals surface area contributed by atoms with Crippen LogP contribution in [0.1, 0.15) is 32.9 Å². The van der Waals surface area contributed by atoms with Crippen LogP contribution < -0.4 is 5.32 Å². The molecule has 2 aromatic heterocycles. The van der Waals surface area contributed by atoms with E-state index >= 15 is 0 Å². The molecule has 0 aliphatic carbocycles. The molecule has 0 bridgehead atoms. The van der Waals surface area contributed by atoms with Crippen LogP contribution in [0.2, 0.25) is 0 Å². The molecule has 104 valence electrons. The standard InChI is InChI=1S/C15H16BrN3O/c1-8-7-9(2)18-11(4)13(8)15(20)19-14-10(3)12(16)5-6-17-14/h5-7H,1-4H3,(H,17,19,20). The number of hydrogen-bond donors (Lipinski definition) is 1. The van der Waals surface area contributed by atoms with Crippen LogP contribution in [0.5, 0.6) is 0 Å². The van der Waals surface area contributed by atoms with Gasteiger partial charge in [-0.2, -0.15) is 0 Å². The Bertz CT molecular complexity index is 660. The van der Waals surface area contributed by atoms with E-state index in [4.69, 9.17) is 0 Å². The van der Waals surface area contributed by atoms with E-state index in [9.17, 15) is 4.79 Å². The average molecular weight is 334 g/mol.